The molecular formula is C13H13Br2FN4O. The van der Waals surface area contributed by atoms with Gasteiger partial charge in [0, 0.05) is 18.4 Å². The van der Waals surface area contributed by atoms with Gasteiger partial charge in [-0.1, -0.05) is 31.9 Å². The summed E-state index contributed by atoms with van der Waals surface area (Å²) in [6.07, 6.45) is 4.31. The van der Waals surface area contributed by atoms with E-state index < -0.39 is 5.82 Å². The number of carbonyl (C=O) groups is 1. The first-order valence-corrected chi connectivity index (χ1v) is 8.12. The quantitative estimate of drug-likeness (QED) is 0.716. The highest BCUT2D eigenvalue weighted by Gasteiger charge is 2.22. The Hall–Kier alpha value is -1.28. The second-order valence-corrected chi connectivity index (χ2v) is 6.18. The van der Waals surface area contributed by atoms with E-state index in [1.165, 1.54) is 21.8 Å². The lowest BCUT2D eigenvalue weighted by Gasteiger charge is -2.18. The summed E-state index contributed by atoms with van der Waals surface area (Å²) < 4.78 is 14.7. The van der Waals surface area contributed by atoms with Gasteiger partial charge in [-0.3, -0.25) is 9.78 Å². The van der Waals surface area contributed by atoms with Crippen molar-refractivity contribution >= 4 is 43.5 Å². The van der Waals surface area contributed by atoms with Crippen LogP contribution in [0.2, 0.25) is 0 Å². The van der Waals surface area contributed by atoms with Crippen molar-refractivity contribution in [2.45, 2.75) is 11.8 Å². The van der Waals surface area contributed by atoms with Crippen LogP contribution in [0.4, 0.5) is 10.1 Å². The molecule has 0 aliphatic rings. The molecule has 0 N–H and O–H groups in total. The Morgan fingerprint density at radius 2 is 2.24 bits per heavy atom. The van der Waals surface area contributed by atoms with Crippen molar-refractivity contribution in [3.63, 3.8) is 0 Å². The minimum Gasteiger partial charge on any atom is -0.311 e. The molecule has 2 rings (SSSR count). The molecule has 2 heterocycles. The van der Waals surface area contributed by atoms with Crippen LogP contribution in [0.25, 0.3) is 5.69 Å². The molecular weight excluding hydrogens is 407 g/mol. The van der Waals surface area contributed by atoms with Crippen molar-refractivity contribution in [2.24, 2.45) is 0 Å². The highest BCUT2D eigenvalue weighted by Crippen LogP contribution is 2.22. The van der Waals surface area contributed by atoms with E-state index in [9.17, 15) is 9.18 Å². The molecule has 0 aliphatic heterocycles. The first-order chi connectivity index (χ1) is 9.93. The lowest BCUT2D eigenvalue weighted by molar-refractivity contribution is -0.117. The van der Waals surface area contributed by atoms with E-state index in [4.69, 9.17) is 0 Å². The molecule has 8 heteroatoms. The normalized spacial score (nSPS) is 12.2. The van der Waals surface area contributed by atoms with Gasteiger partial charge in [0.15, 0.2) is 0 Å². The molecule has 0 aromatic carbocycles. The summed E-state index contributed by atoms with van der Waals surface area (Å²) in [5, 5.41) is 4.81. The van der Waals surface area contributed by atoms with Crippen LogP contribution in [-0.4, -0.2) is 37.9 Å². The number of alkyl halides is 2. The first kappa shape index (κ1) is 16.1. The summed E-state index contributed by atoms with van der Waals surface area (Å²) in [7, 11) is 1.68. The summed E-state index contributed by atoms with van der Waals surface area (Å²) in [6.45, 7) is 1.79. The number of hydrogen-bond donors (Lipinski definition) is 0. The van der Waals surface area contributed by atoms with Gasteiger partial charge in [-0.2, -0.15) is 5.10 Å². The van der Waals surface area contributed by atoms with Crippen molar-refractivity contribution in [3.8, 4) is 5.69 Å². The molecule has 1 unspecified atom stereocenters. The van der Waals surface area contributed by atoms with Crippen LogP contribution in [0.5, 0.6) is 0 Å². The maximum absolute atomic E-state index is 13.2. The predicted molar refractivity (Wildman–Crippen MR) is 86.0 cm³/mol. The van der Waals surface area contributed by atoms with E-state index >= 15 is 0 Å². The SMILES string of the molecule is Cc1nn(-c2cncc(F)c2)cc1N(C)C(=O)C(Br)CBr. The number of halogens is 3. The third kappa shape index (κ3) is 3.49. The molecule has 0 bridgehead atoms. The largest absolute Gasteiger partial charge is 0.311 e. The highest BCUT2D eigenvalue weighted by atomic mass is 79.9. The zero-order chi connectivity index (χ0) is 15.6. The number of rotatable bonds is 4. The van der Waals surface area contributed by atoms with Crippen LogP contribution in [-0.2, 0) is 4.79 Å². The van der Waals surface area contributed by atoms with Crippen molar-refractivity contribution in [3.05, 3.63) is 36.2 Å². The lowest BCUT2D eigenvalue weighted by Crippen LogP contribution is -2.34. The number of aryl methyl sites for hydroxylation is 1. The number of anilines is 1. The van der Waals surface area contributed by atoms with Crippen LogP contribution >= 0.6 is 31.9 Å². The van der Waals surface area contributed by atoms with Gasteiger partial charge in [0.05, 0.1) is 35.7 Å². The van der Waals surface area contributed by atoms with E-state index in [0.29, 0.717) is 22.4 Å². The van der Waals surface area contributed by atoms with E-state index in [1.807, 2.05) is 0 Å². The zero-order valence-corrected chi connectivity index (χ0v) is 14.6. The van der Waals surface area contributed by atoms with Crippen molar-refractivity contribution in [1.82, 2.24) is 14.8 Å². The lowest BCUT2D eigenvalue weighted by atomic mass is 10.3. The predicted octanol–water partition coefficient (Wildman–Crippen LogP) is 2.84. The van der Waals surface area contributed by atoms with Gasteiger partial charge in [0.25, 0.3) is 0 Å². The van der Waals surface area contributed by atoms with Crippen molar-refractivity contribution in [2.75, 3.05) is 17.3 Å². The zero-order valence-electron chi connectivity index (χ0n) is 11.4. The number of pyridine rings is 1. The third-order valence-electron chi connectivity index (χ3n) is 2.92. The van der Waals surface area contributed by atoms with Crippen LogP contribution in [0.15, 0.2) is 24.7 Å². The first-order valence-electron chi connectivity index (χ1n) is 6.09. The summed E-state index contributed by atoms with van der Waals surface area (Å²) in [6, 6.07) is 1.33. The van der Waals surface area contributed by atoms with E-state index in [1.54, 1.807) is 20.2 Å². The third-order valence-corrected chi connectivity index (χ3v) is 5.16. The molecule has 0 aliphatic carbocycles. The van der Waals surface area contributed by atoms with Gasteiger partial charge in [-0.15, -0.1) is 0 Å². The Balaban J connectivity index is 2.33. The Bertz CT molecular complexity index is 661. The molecule has 2 aromatic heterocycles. The van der Waals surface area contributed by atoms with Gasteiger partial charge in [0.2, 0.25) is 5.91 Å². The fourth-order valence-corrected chi connectivity index (χ4v) is 2.42. The van der Waals surface area contributed by atoms with Gasteiger partial charge >= 0.3 is 0 Å². The molecule has 0 fully saturated rings. The topological polar surface area (TPSA) is 51.0 Å². The summed E-state index contributed by atoms with van der Waals surface area (Å²) in [5.74, 6) is -0.529. The maximum atomic E-state index is 13.2. The smallest absolute Gasteiger partial charge is 0.241 e. The monoisotopic (exact) mass is 418 g/mol. The second-order valence-electron chi connectivity index (χ2n) is 4.42. The Morgan fingerprint density at radius 3 is 2.86 bits per heavy atom. The van der Waals surface area contributed by atoms with Crippen molar-refractivity contribution < 1.29 is 9.18 Å². The molecule has 0 spiro atoms. The molecule has 0 radical (unpaired) electrons. The molecule has 1 amide bonds. The Kier molecular flexibility index (Phi) is 5.10. The Morgan fingerprint density at radius 1 is 1.52 bits per heavy atom. The van der Waals surface area contributed by atoms with E-state index in [2.05, 4.69) is 41.9 Å². The summed E-state index contributed by atoms with van der Waals surface area (Å²) in [5.41, 5.74) is 1.83. The van der Waals surface area contributed by atoms with Gasteiger partial charge < -0.3 is 4.90 Å². The Labute approximate surface area is 138 Å². The number of carbonyl (C=O) groups excluding carboxylic acids is 1. The average Bonchev–Trinajstić information content (AvgIpc) is 2.87. The molecule has 5 nitrogen and oxygen atoms in total. The van der Waals surface area contributed by atoms with Crippen LogP contribution in [0.3, 0.4) is 0 Å². The fraction of sp³-hybridized carbons (Fsp3) is 0.308. The summed E-state index contributed by atoms with van der Waals surface area (Å²) in [4.78, 5) is 17.2. The van der Waals surface area contributed by atoms with Crippen LogP contribution < -0.4 is 4.90 Å². The molecule has 1 atom stereocenters. The second kappa shape index (κ2) is 6.65. The number of aromatic nitrogens is 3. The molecule has 2 aromatic rings. The maximum Gasteiger partial charge on any atom is 0.241 e. The highest BCUT2D eigenvalue weighted by molar-refractivity contribution is 9.12. The number of hydrogen-bond acceptors (Lipinski definition) is 3. The number of amides is 1. The molecule has 112 valence electrons. The van der Waals surface area contributed by atoms with Gasteiger partial charge in [0.1, 0.15) is 10.6 Å². The van der Waals surface area contributed by atoms with Gasteiger partial charge in [-0.05, 0) is 6.92 Å². The molecule has 0 saturated heterocycles. The van der Waals surface area contributed by atoms with Crippen LogP contribution in [0, 0.1) is 12.7 Å². The fourth-order valence-electron chi connectivity index (χ4n) is 1.83. The van der Waals surface area contributed by atoms with Crippen molar-refractivity contribution in [1.29, 1.82) is 0 Å². The van der Waals surface area contributed by atoms with E-state index in [-0.39, 0.29) is 10.7 Å². The van der Waals surface area contributed by atoms with Crippen LogP contribution in [0.1, 0.15) is 5.69 Å². The van der Waals surface area contributed by atoms with E-state index in [0.717, 1.165) is 6.20 Å². The minimum absolute atomic E-state index is 0.0908. The standard InChI is InChI=1S/C13H13Br2FN4O/c1-8-12(19(2)13(21)11(15)4-14)7-20(18-8)10-3-9(16)5-17-6-10/h3,5-7,11H,4H2,1-2H3. The minimum atomic E-state index is -0.438. The molecule has 21 heavy (non-hydrogen) atoms. The number of nitrogens with zero attached hydrogens (tertiary/aromatic N) is 4. The summed E-state index contributed by atoms with van der Waals surface area (Å²) >= 11 is 6.56. The molecule has 0 saturated carbocycles. The average molecular weight is 420 g/mol. The van der Waals surface area contributed by atoms with Gasteiger partial charge in [-0.25, -0.2) is 9.07 Å².